The van der Waals surface area contributed by atoms with E-state index in [0.717, 1.165) is 12.8 Å². The van der Waals surface area contributed by atoms with Gasteiger partial charge in [0.2, 0.25) is 0 Å². The van der Waals surface area contributed by atoms with E-state index in [1.165, 1.54) is 0 Å². The summed E-state index contributed by atoms with van der Waals surface area (Å²) in [6.45, 7) is 0. The molecule has 1 aliphatic rings. The third-order valence-corrected chi connectivity index (χ3v) is 1.73. The molecule has 0 spiro atoms. The standard InChI is InChI=1S/C6H10N2/c1-8-6-2-5(3-6)4-7/h5-6,8H,2-3H2,1H3/t5-,6+. The fourth-order valence-corrected chi connectivity index (χ4v) is 0.959. The van der Waals surface area contributed by atoms with E-state index in [4.69, 9.17) is 5.26 Å². The van der Waals surface area contributed by atoms with Gasteiger partial charge < -0.3 is 5.32 Å². The highest BCUT2D eigenvalue weighted by Gasteiger charge is 2.26. The van der Waals surface area contributed by atoms with Crippen molar-refractivity contribution in [3.8, 4) is 6.07 Å². The summed E-state index contributed by atoms with van der Waals surface area (Å²) in [7, 11) is 1.94. The first-order valence-corrected chi connectivity index (χ1v) is 2.93. The number of hydrogen-bond donors (Lipinski definition) is 1. The molecular formula is C6H10N2. The Morgan fingerprint density at radius 2 is 2.25 bits per heavy atom. The van der Waals surface area contributed by atoms with Crippen LogP contribution in [0.2, 0.25) is 0 Å². The van der Waals surface area contributed by atoms with Crippen molar-refractivity contribution in [3.63, 3.8) is 0 Å². The average molecular weight is 110 g/mol. The van der Waals surface area contributed by atoms with Crippen LogP contribution >= 0.6 is 0 Å². The molecule has 0 aromatic rings. The highest BCUT2D eigenvalue weighted by molar-refractivity contribution is 4.96. The summed E-state index contributed by atoms with van der Waals surface area (Å²) in [5.41, 5.74) is 0. The lowest BCUT2D eigenvalue weighted by Gasteiger charge is -2.29. The lowest BCUT2D eigenvalue weighted by Crippen LogP contribution is -2.38. The van der Waals surface area contributed by atoms with Crippen molar-refractivity contribution in [2.75, 3.05) is 7.05 Å². The first-order valence-electron chi connectivity index (χ1n) is 2.93. The average Bonchev–Trinajstić information content (AvgIpc) is 1.65. The summed E-state index contributed by atoms with van der Waals surface area (Å²) in [4.78, 5) is 0. The van der Waals surface area contributed by atoms with E-state index in [-0.39, 0.29) is 0 Å². The van der Waals surface area contributed by atoms with Crippen LogP contribution in [0.3, 0.4) is 0 Å². The fourth-order valence-electron chi connectivity index (χ4n) is 0.959. The first kappa shape index (κ1) is 5.58. The molecule has 0 atom stereocenters. The van der Waals surface area contributed by atoms with Crippen molar-refractivity contribution >= 4 is 0 Å². The highest BCUT2D eigenvalue weighted by Crippen LogP contribution is 2.25. The minimum atomic E-state index is 0.340. The molecule has 0 aromatic carbocycles. The molecule has 1 N–H and O–H groups in total. The quantitative estimate of drug-likeness (QED) is 0.533. The summed E-state index contributed by atoms with van der Waals surface area (Å²) in [6, 6.07) is 2.85. The van der Waals surface area contributed by atoms with Gasteiger partial charge in [-0.2, -0.15) is 5.26 Å². The maximum Gasteiger partial charge on any atom is 0.0657 e. The van der Waals surface area contributed by atoms with Gasteiger partial charge in [0.15, 0.2) is 0 Å². The Kier molecular flexibility index (Phi) is 1.50. The molecule has 44 valence electrons. The van der Waals surface area contributed by atoms with Gasteiger partial charge >= 0.3 is 0 Å². The maximum atomic E-state index is 8.32. The molecule has 0 radical (unpaired) electrons. The molecule has 0 aromatic heterocycles. The third kappa shape index (κ3) is 0.823. The van der Waals surface area contributed by atoms with Crippen LogP contribution in [0.25, 0.3) is 0 Å². The van der Waals surface area contributed by atoms with Gasteiger partial charge in [-0.3, -0.25) is 0 Å². The predicted molar refractivity (Wildman–Crippen MR) is 31.2 cm³/mol. The maximum absolute atomic E-state index is 8.32. The van der Waals surface area contributed by atoms with Gasteiger partial charge in [0.05, 0.1) is 6.07 Å². The van der Waals surface area contributed by atoms with E-state index in [9.17, 15) is 0 Å². The van der Waals surface area contributed by atoms with E-state index in [0.29, 0.717) is 12.0 Å². The molecule has 0 heterocycles. The molecule has 0 bridgehead atoms. The van der Waals surface area contributed by atoms with Crippen molar-refractivity contribution < 1.29 is 0 Å². The van der Waals surface area contributed by atoms with Crippen molar-refractivity contribution in [1.29, 1.82) is 5.26 Å². The lowest BCUT2D eigenvalue weighted by atomic mass is 9.82. The molecule has 0 unspecified atom stereocenters. The second kappa shape index (κ2) is 2.15. The van der Waals surface area contributed by atoms with E-state index in [1.54, 1.807) is 0 Å². The summed E-state index contributed by atoms with van der Waals surface area (Å²) < 4.78 is 0. The van der Waals surface area contributed by atoms with Crippen molar-refractivity contribution in [2.24, 2.45) is 5.92 Å². The second-order valence-electron chi connectivity index (χ2n) is 2.28. The van der Waals surface area contributed by atoms with Gasteiger partial charge in [-0.15, -0.1) is 0 Å². The van der Waals surface area contributed by atoms with Gasteiger partial charge in [0, 0.05) is 12.0 Å². The van der Waals surface area contributed by atoms with Gasteiger partial charge in [0.1, 0.15) is 0 Å². The molecule has 0 saturated heterocycles. The van der Waals surface area contributed by atoms with Crippen LogP contribution in [0.1, 0.15) is 12.8 Å². The minimum Gasteiger partial charge on any atom is -0.317 e. The van der Waals surface area contributed by atoms with Gasteiger partial charge in [-0.1, -0.05) is 0 Å². The molecule has 2 nitrogen and oxygen atoms in total. The molecule has 1 aliphatic carbocycles. The molecule has 0 aliphatic heterocycles. The zero-order valence-electron chi connectivity index (χ0n) is 5.02. The minimum absolute atomic E-state index is 0.340. The molecule has 0 amide bonds. The van der Waals surface area contributed by atoms with E-state index in [1.807, 2.05) is 7.05 Å². The Hall–Kier alpha value is -0.550. The molecule has 2 heteroatoms. The Balaban J connectivity index is 2.14. The van der Waals surface area contributed by atoms with Crippen LogP contribution in [0, 0.1) is 17.2 Å². The van der Waals surface area contributed by atoms with Gasteiger partial charge in [0.25, 0.3) is 0 Å². The lowest BCUT2D eigenvalue weighted by molar-refractivity contribution is 0.290. The van der Waals surface area contributed by atoms with E-state index < -0.39 is 0 Å². The van der Waals surface area contributed by atoms with Gasteiger partial charge in [-0.25, -0.2) is 0 Å². The number of rotatable bonds is 1. The number of nitrogens with zero attached hydrogens (tertiary/aromatic N) is 1. The second-order valence-corrected chi connectivity index (χ2v) is 2.28. The predicted octanol–water partition coefficient (Wildman–Crippen LogP) is 0.508. The van der Waals surface area contributed by atoms with Crippen molar-refractivity contribution in [2.45, 2.75) is 18.9 Å². The summed E-state index contributed by atoms with van der Waals surface area (Å²) in [5, 5.41) is 11.4. The zero-order valence-corrected chi connectivity index (χ0v) is 5.02. The van der Waals surface area contributed by atoms with Crippen molar-refractivity contribution in [3.05, 3.63) is 0 Å². The van der Waals surface area contributed by atoms with E-state index in [2.05, 4.69) is 11.4 Å². The van der Waals surface area contributed by atoms with Crippen LogP contribution in [-0.2, 0) is 0 Å². The normalized spacial score (nSPS) is 35.5. The first-order chi connectivity index (χ1) is 3.86. The summed E-state index contributed by atoms with van der Waals surface area (Å²) in [5.74, 6) is 0.340. The summed E-state index contributed by atoms with van der Waals surface area (Å²) >= 11 is 0. The summed E-state index contributed by atoms with van der Waals surface area (Å²) in [6.07, 6.45) is 2.10. The Labute approximate surface area is 49.5 Å². The molecule has 8 heavy (non-hydrogen) atoms. The number of hydrogen-bond acceptors (Lipinski definition) is 2. The molecule has 1 fully saturated rings. The van der Waals surface area contributed by atoms with Crippen LogP contribution in [-0.4, -0.2) is 13.1 Å². The monoisotopic (exact) mass is 110 g/mol. The topological polar surface area (TPSA) is 35.8 Å². The van der Waals surface area contributed by atoms with Crippen LogP contribution in [0.5, 0.6) is 0 Å². The Morgan fingerprint density at radius 1 is 1.62 bits per heavy atom. The highest BCUT2D eigenvalue weighted by atomic mass is 14.9. The third-order valence-electron chi connectivity index (χ3n) is 1.73. The molecule has 1 rings (SSSR count). The van der Waals surface area contributed by atoms with Crippen LogP contribution in [0.4, 0.5) is 0 Å². The zero-order chi connectivity index (χ0) is 5.98. The molecule has 1 saturated carbocycles. The van der Waals surface area contributed by atoms with Crippen LogP contribution in [0.15, 0.2) is 0 Å². The smallest absolute Gasteiger partial charge is 0.0657 e. The fraction of sp³-hybridized carbons (Fsp3) is 0.833. The van der Waals surface area contributed by atoms with Crippen LogP contribution < -0.4 is 5.32 Å². The number of nitrogens with one attached hydrogen (secondary N) is 1. The number of nitriles is 1. The van der Waals surface area contributed by atoms with Crippen molar-refractivity contribution in [1.82, 2.24) is 5.32 Å². The largest absolute Gasteiger partial charge is 0.317 e. The Bertz CT molecular complexity index is 108. The molecular weight excluding hydrogens is 100 g/mol. The Morgan fingerprint density at radius 3 is 2.62 bits per heavy atom. The van der Waals surface area contributed by atoms with E-state index >= 15 is 0 Å². The van der Waals surface area contributed by atoms with Gasteiger partial charge in [-0.05, 0) is 19.9 Å². The SMILES string of the molecule is CN[C@H]1C[C@@H](C#N)C1.